The highest BCUT2D eigenvalue weighted by molar-refractivity contribution is 5.38. The highest BCUT2D eigenvalue weighted by atomic mass is 16.5. The summed E-state index contributed by atoms with van der Waals surface area (Å²) in [5.74, 6) is 1.59. The summed E-state index contributed by atoms with van der Waals surface area (Å²) < 4.78 is 9.93. The Morgan fingerprint density at radius 3 is 1.81 bits per heavy atom. The maximum atomic E-state index is 6.01. The first-order chi connectivity index (χ1) is 10.2. The molecule has 0 saturated carbocycles. The van der Waals surface area contributed by atoms with Crippen LogP contribution in [0.1, 0.15) is 17.2 Å². The predicted molar refractivity (Wildman–Crippen MR) is 79.7 cm³/mol. The minimum atomic E-state index is -0.836. The van der Waals surface area contributed by atoms with Crippen LogP contribution < -0.4 is 0 Å². The number of hydrogen-bond acceptors (Lipinski definition) is 3. The van der Waals surface area contributed by atoms with E-state index in [9.17, 15) is 0 Å². The molecule has 108 valence electrons. The summed E-state index contributed by atoms with van der Waals surface area (Å²) >= 11 is 0. The van der Waals surface area contributed by atoms with E-state index in [1.807, 2.05) is 66.0 Å². The average Bonchev–Trinajstić information content (AvgIpc) is 3.12. The third-order valence-corrected chi connectivity index (χ3v) is 3.76. The molecule has 0 spiro atoms. The molecule has 0 atom stereocenters. The zero-order valence-corrected chi connectivity index (χ0v) is 12.4. The van der Waals surface area contributed by atoms with Gasteiger partial charge in [-0.3, -0.25) is 0 Å². The fraction of sp³-hybridized carbons (Fsp3) is 0.250. The molecule has 0 amide bonds. The third kappa shape index (κ3) is 1.97. The number of hydrogen-bond donors (Lipinski definition) is 0. The van der Waals surface area contributed by atoms with Gasteiger partial charge in [-0.1, -0.05) is 30.3 Å². The Kier molecular flexibility index (Phi) is 3.35. The predicted octanol–water partition coefficient (Wildman–Crippen LogP) is 2.09. The molecule has 2 heterocycles. The molecule has 0 radical (unpaired) electrons. The molecule has 5 nitrogen and oxygen atoms in total. The zero-order valence-electron chi connectivity index (χ0n) is 12.4. The number of aromatic nitrogens is 4. The number of rotatable bonds is 4. The minimum Gasteiger partial charge on any atom is -0.358 e. The maximum Gasteiger partial charge on any atom is 0.208 e. The molecular formula is C16H18N4O. The minimum absolute atomic E-state index is 0.797. The van der Waals surface area contributed by atoms with Gasteiger partial charge in [0.05, 0.1) is 0 Å². The van der Waals surface area contributed by atoms with Crippen LogP contribution >= 0.6 is 0 Å². The van der Waals surface area contributed by atoms with Crippen LogP contribution in [-0.2, 0) is 24.4 Å². The summed E-state index contributed by atoms with van der Waals surface area (Å²) in [4.78, 5) is 9.03. The van der Waals surface area contributed by atoms with Gasteiger partial charge in [0.15, 0.2) is 11.6 Å². The number of imidazole rings is 2. The topological polar surface area (TPSA) is 44.9 Å². The van der Waals surface area contributed by atoms with Crippen molar-refractivity contribution in [1.82, 2.24) is 19.1 Å². The van der Waals surface area contributed by atoms with Crippen molar-refractivity contribution < 1.29 is 4.74 Å². The highest BCUT2D eigenvalue weighted by Gasteiger charge is 2.43. The van der Waals surface area contributed by atoms with E-state index < -0.39 is 5.60 Å². The second-order valence-corrected chi connectivity index (χ2v) is 4.97. The quantitative estimate of drug-likeness (QED) is 0.736. The fourth-order valence-electron chi connectivity index (χ4n) is 2.74. The summed E-state index contributed by atoms with van der Waals surface area (Å²) in [6, 6.07) is 10.0. The Bertz CT molecular complexity index is 689. The van der Waals surface area contributed by atoms with Gasteiger partial charge in [-0.2, -0.15) is 0 Å². The van der Waals surface area contributed by atoms with Crippen molar-refractivity contribution in [3.8, 4) is 0 Å². The van der Waals surface area contributed by atoms with E-state index in [0.717, 1.165) is 17.2 Å². The largest absolute Gasteiger partial charge is 0.358 e. The molecule has 1 aromatic carbocycles. The van der Waals surface area contributed by atoms with Gasteiger partial charge >= 0.3 is 0 Å². The Labute approximate surface area is 123 Å². The van der Waals surface area contributed by atoms with Gasteiger partial charge in [0.25, 0.3) is 0 Å². The first-order valence-corrected chi connectivity index (χ1v) is 6.76. The van der Waals surface area contributed by atoms with E-state index in [-0.39, 0.29) is 0 Å². The summed E-state index contributed by atoms with van der Waals surface area (Å²) in [5.41, 5.74) is 0.161. The van der Waals surface area contributed by atoms with Crippen molar-refractivity contribution in [2.75, 3.05) is 7.11 Å². The van der Waals surface area contributed by atoms with Gasteiger partial charge in [0.2, 0.25) is 5.60 Å². The summed E-state index contributed by atoms with van der Waals surface area (Å²) in [6.07, 6.45) is 7.37. The van der Waals surface area contributed by atoms with E-state index >= 15 is 0 Å². The van der Waals surface area contributed by atoms with Gasteiger partial charge < -0.3 is 13.9 Å². The monoisotopic (exact) mass is 282 g/mol. The van der Waals surface area contributed by atoms with Crippen LogP contribution in [0.25, 0.3) is 0 Å². The van der Waals surface area contributed by atoms with E-state index in [1.165, 1.54) is 0 Å². The normalized spacial score (nSPS) is 11.8. The van der Waals surface area contributed by atoms with Crippen LogP contribution in [0.15, 0.2) is 55.1 Å². The van der Waals surface area contributed by atoms with E-state index in [1.54, 1.807) is 19.5 Å². The number of methoxy groups -OCH3 is 1. The van der Waals surface area contributed by atoms with Crippen molar-refractivity contribution >= 4 is 0 Å². The Morgan fingerprint density at radius 2 is 1.43 bits per heavy atom. The Balaban J connectivity index is 2.34. The lowest BCUT2D eigenvalue weighted by molar-refractivity contribution is 0.0387. The number of nitrogens with zero attached hydrogens (tertiary/aromatic N) is 4. The molecule has 0 unspecified atom stereocenters. The van der Waals surface area contributed by atoms with Crippen molar-refractivity contribution in [2.24, 2.45) is 14.1 Å². The number of aryl methyl sites for hydroxylation is 2. The SMILES string of the molecule is COC(c1ccccc1)(c1nccn1C)c1nccn1C. The lowest BCUT2D eigenvalue weighted by Gasteiger charge is -2.31. The molecule has 21 heavy (non-hydrogen) atoms. The van der Waals surface area contributed by atoms with E-state index in [2.05, 4.69) is 9.97 Å². The molecule has 0 fully saturated rings. The summed E-state index contributed by atoms with van der Waals surface area (Å²) in [6.45, 7) is 0. The van der Waals surface area contributed by atoms with E-state index in [4.69, 9.17) is 4.74 Å². The standard InChI is InChI=1S/C16H18N4O/c1-19-11-9-17-14(19)16(21-3,13-7-5-4-6-8-13)15-18-10-12-20(15)2/h4-12H,1-3H3. The summed E-state index contributed by atoms with van der Waals surface area (Å²) in [5, 5.41) is 0. The molecule has 0 aliphatic heterocycles. The smallest absolute Gasteiger partial charge is 0.208 e. The zero-order chi connectivity index (χ0) is 14.9. The Hall–Kier alpha value is -2.40. The lowest BCUT2D eigenvalue weighted by Crippen LogP contribution is -2.37. The second-order valence-electron chi connectivity index (χ2n) is 4.97. The van der Waals surface area contributed by atoms with Gasteiger partial charge in [-0.15, -0.1) is 0 Å². The van der Waals surface area contributed by atoms with Crippen LogP contribution in [0.4, 0.5) is 0 Å². The van der Waals surface area contributed by atoms with Gasteiger partial charge in [0.1, 0.15) is 0 Å². The number of benzene rings is 1. The molecule has 3 aromatic rings. The molecule has 5 heteroatoms. The van der Waals surface area contributed by atoms with Crippen LogP contribution in [0.3, 0.4) is 0 Å². The van der Waals surface area contributed by atoms with Gasteiger partial charge in [0, 0.05) is 46.0 Å². The first-order valence-electron chi connectivity index (χ1n) is 6.76. The molecular weight excluding hydrogens is 264 g/mol. The third-order valence-electron chi connectivity index (χ3n) is 3.76. The number of ether oxygens (including phenoxy) is 1. The van der Waals surface area contributed by atoms with Crippen molar-refractivity contribution in [3.05, 3.63) is 72.3 Å². The van der Waals surface area contributed by atoms with Crippen LogP contribution in [-0.4, -0.2) is 26.2 Å². The molecule has 0 aliphatic carbocycles. The lowest BCUT2D eigenvalue weighted by atomic mass is 9.91. The summed E-state index contributed by atoms with van der Waals surface area (Å²) in [7, 11) is 5.61. The second kappa shape index (κ2) is 5.18. The maximum absolute atomic E-state index is 6.01. The van der Waals surface area contributed by atoms with Crippen molar-refractivity contribution in [2.45, 2.75) is 5.60 Å². The first kappa shape index (κ1) is 13.6. The van der Waals surface area contributed by atoms with Crippen LogP contribution in [0.2, 0.25) is 0 Å². The molecule has 0 bridgehead atoms. The molecule has 0 N–H and O–H groups in total. The van der Waals surface area contributed by atoms with Crippen molar-refractivity contribution in [1.29, 1.82) is 0 Å². The molecule has 0 saturated heterocycles. The molecule has 3 rings (SSSR count). The van der Waals surface area contributed by atoms with Gasteiger partial charge in [-0.05, 0) is 5.56 Å². The van der Waals surface area contributed by atoms with E-state index in [0.29, 0.717) is 0 Å². The fourth-order valence-corrected chi connectivity index (χ4v) is 2.74. The van der Waals surface area contributed by atoms with Crippen LogP contribution in [0.5, 0.6) is 0 Å². The van der Waals surface area contributed by atoms with Crippen molar-refractivity contribution in [3.63, 3.8) is 0 Å². The average molecular weight is 282 g/mol. The molecule has 2 aromatic heterocycles. The van der Waals surface area contributed by atoms with Crippen LogP contribution in [0, 0.1) is 0 Å². The highest BCUT2D eigenvalue weighted by Crippen LogP contribution is 2.37. The molecule has 0 aliphatic rings. The Morgan fingerprint density at radius 1 is 0.905 bits per heavy atom. The van der Waals surface area contributed by atoms with Gasteiger partial charge in [-0.25, -0.2) is 9.97 Å².